The predicted octanol–water partition coefficient (Wildman–Crippen LogP) is 2.09. The quantitative estimate of drug-likeness (QED) is 0.779. The van der Waals surface area contributed by atoms with Gasteiger partial charge in [0.25, 0.3) is 0 Å². The van der Waals surface area contributed by atoms with Gasteiger partial charge in [0.2, 0.25) is 0 Å². The van der Waals surface area contributed by atoms with Crippen LogP contribution >= 0.6 is 0 Å². The summed E-state index contributed by atoms with van der Waals surface area (Å²) in [6.07, 6.45) is 2.54. The van der Waals surface area contributed by atoms with Gasteiger partial charge in [0.15, 0.2) is 0 Å². The van der Waals surface area contributed by atoms with Crippen molar-refractivity contribution in [1.29, 1.82) is 0 Å². The third kappa shape index (κ3) is 3.85. The number of rotatable bonds is 4. The van der Waals surface area contributed by atoms with E-state index >= 15 is 0 Å². The van der Waals surface area contributed by atoms with Crippen molar-refractivity contribution in [2.45, 2.75) is 25.8 Å². The average molecular weight is 264 g/mol. The molecule has 19 heavy (non-hydrogen) atoms. The molecule has 1 saturated heterocycles. The van der Waals surface area contributed by atoms with Crippen LogP contribution in [0, 0.1) is 5.92 Å². The van der Waals surface area contributed by atoms with Crippen molar-refractivity contribution in [3.8, 4) is 11.5 Å². The molecule has 0 radical (unpaired) electrons. The van der Waals surface area contributed by atoms with Crippen LogP contribution in [0.5, 0.6) is 11.5 Å². The first-order valence-corrected chi connectivity index (χ1v) is 7.00. The van der Waals surface area contributed by atoms with Crippen molar-refractivity contribution in [3.05, 3.63) is 23.8 Å². The third-order valence-corrected chi connectivity index (χ3v) is 3.92. The highest BCUT2D eigenvalue weighted by Crippen LogP contribution is 2.28. The summed E-state index contributed by atoms with van der Waals surface area (Å²) in [5.41, 5.74) is 0.835. The van der Waals surface area contributed by atoms with Crippen molar-refractivity contribution in [1.82, 2.24) is 10.2 Å². The number of aromatic hydroxyl groups is 2. The number of phenols is 2. The topological polar surface area (TPSA) is 55.7 Å². The van der Waals surface area contributed by atoms with Gasteiger partial charge in [-0.3, -0.25) is 0 Å². The highest BCUT2D eigenvalue weighted by molar-refractivity contribution is 5.40. The molecular formula is C15H24N2O2. The monoisotopic (exact) mass is 264 g/mol. The fourth-order valence-electron chi connectivity index (χ4n) is 2.79. The Balaban J connectivity index is 1.88. The number of likely N-dealkylation sites (tertiary alicyclic amines) is 1. The summed E-state index contributed by atoms with van der Waals surface area (Å²) in [4.78, 5) is 2.37. The Hall–Kier alpha value is -1.26. The zero-order valence-corrected chi connectivity index (χ0v) is 11.8. The fraction of sp³-hybridized carbons (Fsp3) is 0.600. The molecule has 2 rings (SSSR count). The maximum atomic E-state index is 9.83. The van der Waals surface area contributed by atoms with Gasteiger partial charge in [-0.2, -0.15) is 0 Å². The Labute approximate surface area is 115 Å². The standard InChI is InChI=1S/C15H24N2O2/c1-11(14-6-5-13(18)8-15(14)19)16-9-12-4-3-7-17(2)10-12/h5-6,8,11-12,16,18-19H,3-4,7,9-10H2,1-2H3. The molecule has 3 N–H and O–H groups in total. The van der Waals surface area contributed by atoms with Crippen LogP contribution in [-0.4, -0.2) is 41.8 Å². The van der Waals surface area contributed by atoms with Gasteiger partial charge in [-0.15, -0.1) is 0 Å². The molecule has 4 nitrogen and oxygen atoms in total. The lowest BCUT2D eigenvalue weighted by molar-refractivity contribution is 0.203. The number of hydrogen-bond donors (Lipinski definition) is 3. The number of piperidine rings is 1. The maximum absolute atomic E-state index is 9.83. The van der Waals surface area contributed by atoms with E-state index in [1.165, 1.54) is 25.5 Å². The average Bonchev–Trinajstić information content (AvgIpc) is 2.36. The SMILES string of the molecule is CC(NCC1CCCN(C)C1)c1ccc(O)cc1O. The Morgan fingerprint density at radius 1 is 1.42 bits per heavy atom. The Kier molecular flexibility index (Phi) is 4.66. The predicted molar refractivity (Wildman–Crippen MR) is 76.4 cm³/mol. The van der Waals surface area contributed by atoms with Crippen LogP contribution in [0.3, 0.4) is 0 Å². The molecule has 1 aliphatic rings. The van der Waals surface area contributed by atoms with Crippen molar-refractivity contribution in [2.24, 2.45) is 5.92 Å². The minimum atomic E-state index is 0.0906. The third-order valence-electron chi connectivity index (χ3n) is 3.92. The molecule has 1 aliphatic heterocycles. The summed E-state index contributed by atoms with van der Waals surface area (Å²) in [5, 5.41) is 22.6. The Morgan fingerprint density at radius 2 is 2.21 bits per heavy atom. The largest absolute Gasteiger partial charge is 0.508 e. The van der Waals surface area contributed by atoms with Gasteiger partial charge in [-0.05, 0) is 51.9 Å². The molecule has 0 spiro atoms. The number of hydrogen-bond acceptors (Lipinski definition) is 4. The molecule has 4 heteroatoms. The summed E-state index contributed by atoms with van der Waals surface area (Å²) in [6.45, 7) is 5.34. The summed E-state index contributed by atoms with van der Waals surface area (Å²) in [7, 11) is 2.17. The second-order valence-corrected chi connectivity index (χ2v) is 5.64. The van der Waals surface area contributed by atoms with Crippen molar-refractivity contribution >= 4 is 0 Å². The summed E-state index contributed by atoms with van der Waals surface area (Å²) in [5.74, 6) is 0.934. The molecule has 0 bridgehead atoms. The summed E-state index contributed by atoms with van der Waals surface area (Å²) in [6, 6.07) is 4.87. The molecule has 0 aliphatic carbocycles. The van der Waals surface area contributed by atoms with Crippen molar-refractivity contribution in [3.63, 3.8) is 0 Å². The smallest absolute Gasteiger partial charge is 0.124 e. The van der Waals surface area contributed by atoms with Gasteiger partial charge in [-0.25, -0.2) is 0 Å². The zero-order chi connectivity index (χ0) is 13.8. The molecule has 1 aromatic rings. The van der Waals surface area contributed by atoms with Crippen LogP contribution in [0.25, 0.3) is 0 Å². The van der Waals surface area contributed by atoms with E-state index in [2.05, 4.69) is 17.3 Å². The van der Waals surface area contributed by atoms with Crippen LogP contribution in [0.15, 0.2) is 18.2 Å². The zero-order valence-electron chi connectivity index (χ0n) is 11.8. The molecule has 1 fully saturated rings. The molecule has 0 saturated carbocycles. The second-order valence-electron chi connectivity index (χ2n) is 5.64. The highest BCUT2D eigenvalue weighted by atomic mass is 16.3. The number of nitrogens with zero attached hydrogens (tertiary/aromatic N) is 1. The van der Waals surface area contributed by atoms with E-state index in [1.807, 2.05) is 6.92 Å². The molecule has 2 atom stereocenters. The number of nitrogens with one attached hydrogen (secondary N) is 1. The van der Waals surface area contributed by atoms with Crippen LogP contribution < -0.4 is 5.32 Å². The van der Waals surface area contributed by atoms with Gasteiger partial charge in [0.05, 0.1) is 0 Å². The lowest BCUT2D eigenvalue weighted by Crippen LogP contribution is -2.37. The second kappa shape index (κ2) is 6.26. The molecule has 1 aromatic carbocycles. The molecule has 0 aromatic heterocycles. The van der Waals surface area contributed by atoms with E-state index in [4.69, 9.17) is 0 Å². The Morgan fingerprint density at radius 3 is 2.89 bits per heavy atom. The normalized spacial score (nSPS) is 22.3. The molecular weight excluding hydrogens is 240 g/mol. The number of benzene rings is 1. The van der Waals surface area contributed by atoms with Crippen LogP contribution in [0.2, 0.25) is 0 Å². The van der Waals surface area contributed by atoms with Gasteiger partial charge >= 0.3 is 0 Å². The lowest BCUT2D eigenvalue weighted by atomic mass is 9.97. The first-order valence-electron chi connectivity index (χ1n) is 7.00. The van der Waals surface area contributed by atoms with E-state index in [0.717, 1.165) is 18.7 Å². The van der Waals surface area contributed by atoms with Crippen LogP contribution in [0.4, 0.5) is 0 Å². The molecule has 2 unspecified atom stereocenters. The highest BCUT2D eigenvalue weighted by Gasteiger charge is 2.18. The van der Waals surface area contributed by atoms with E-state index in [-0.39, 0.29) is 17.5 Å². The van der Waals surface area contributed by atoms with E-state index in [1.54, 1.807) is 12.1 Å². The first-order chi connectivity index (χ1) is 9.06. The molecule has 0 amide bonds. The van der Waals surface area contributed by atoms with Gasteiger partial charge in [-0.1, -0.05) is 6.07 Å². The van der Waals surface area contributed by atoms with Gasteiger partial charge < -0.3 is 20.4 Å². The van der Waals surface area contributed by atoms with E-state index < -0.39 is 0 Å². The Bertz CT molecular complexity index is 423. The fourth-order valence-corrected chi connectivity index (χ4v) is 2.79. The van der Waals surface area contributed by atoms with Crippen LogP contribution in [0.1, 0.15) is 31.4 Å². The lowest BCUT2D eigenvalue weighted by Gasteiger charge is -2.30. The van der Waals surface area contributed by atoms with Gasteiger partial charge in [0.1, 0.15) is 11.5 Å². The number of phenolic OH excluding ortho intramolecular Hbond substituents is 2. The minimum Gasteiger partial charge on any atom is -0.508 e. The maximum Gasteiger partial charge on any atom is 0.124 e. The summed E-state index contributed by atoms with van der Waals surface area (Å²) >= 11 is 0. The van der Waals surface area contributed by atoms with Crippen molar-refractivity contribution in [2.75, 3.05) is 26.7 Å². The van der Waals surface area contributed by atoms with Crippen LogP contribution in [-0.2, 0) is 0 Å². The minimum absolute atomic E-state index is 0.0906. The summed E-state index contributed by atoms with van der Waals surface area (Å²) < 4.78 is 0. The van der Waals surface area contributed by atoms with Crippen molar-refractivity contribution < 1.29 is 10.2 Å². The van der Waals surface area contributed by atoms with E-state index in [0.29, 0.717) is 5.92 Å². The van der Waals surface area contributed by atoms with Gasteiger partial charge in [0, 0.05) is 24.2 Å². The molecule has 1 heterocycles. The molecule has 106 valence electrons. The van der Waals surface area contributed by atoms with E-state index in [9.17, 15) is 10.2 Å². The first kappa shape index (κ1) is 14.2.